The molecule has 3 N–H and O–H groups in total. The Morgan fingerprint density at radius 2 is 2.05 bits per heavy atom. The maximum atomic E-state index is 5.91. The van der Waals surface area contributed by atoms with Gasteiger partial charge in [-0.2, -0.15) is 0 Å². The molecule has 0 aliphatic heterocycles. The lowest BCUT2D eigenvalue weighted by atomic mass is 9.85. The van der Waals surface area contributed by atoms with Gasteiger partial charge < -0.3 is 11.1 Å². The fraction of sp³-hybridized carbons (Fsp3) is 0.250. The Kier molecular flexibility index (Phi) is 7.28. The molecule has 1 aromatic carbocycles. The highest BCUT2D eigenvalue weighted by atomic mass is 127. The summed E-state index contributed by atoms with van der Waals surface area (Å²) < 4.78 is 1.07. The minimum atomic E-state index is -0.0970. The third-order valence-electron chi connectivity index (χ3n) is 3.17. The highest BCUT2D eigenvalue weighted by Crippen LogP contribution is 2.26. The molecule has 0 fully saturated rings. The first-order valence-electron chi connectivity index (χ1n) is 6.71. The van der Waals surface area contributed by atoms with Crippen molar-refractivity contribution in [3.05, 3.63) is 58.7 Å². The molecule has 0 bridgehead atoms. The summed E-state index contributed by atoms with van der Waals surface area (Å²) in [6.07, 6.45) is 1.71. The minimum absolute atomic E-state index is 0. The predicted octanol–water partition coefficient (Wildman–Crippen LogP) is 4.17. The first-order valence-corrected chi connectivity index (χ1v) is 7.51. The van der Waals surface area contributed by atoms with Crippen molar-refractivity contribution in [1.82, 2.24) is 4.98 Å². The number of aliphatic imine (C=N–C) groups is 1. The number of halogens is 2. The van der Waals surface area contributed by atoms with E-state index in [0.29, 0.717) is 18.3 Å². The van der Waals surface area contributed by atoms with Crippen molar-refractivity contribution >= 4 is 51.7 Å². The van der Waals surface area contributed by atoms with Gasteiger partial charge in [-0.1, -0.05) is 48.0 Å². The lowest BCUT2D eigenvalue weighted by Crippen LogP contribution is -2.28. The van der Waals surface area contributed by atoms with Gasteiger partial charge in [-0.3, -0.25) is 4.99 Å². The largest absolute Gasteiger partial charge is 0.370 e. The number of nitrogens with one attached hydrogen (secondary N) is 1. The maximum Gasteiger partial charge on any atom is 0.194 e. The van der Waals surface area contributed by atoms with Gasteiger partial charge in [0.1, 0.15) is 5.82 Å². The van der Waals surface area contributed by atoms with Crippen molar-refractivity contribution in [2.24, 2.45) is 10.7 Å². The summed E-state index contributed by atoms with van der Waals surface area (Å²) >= 11 is 3.50. The van der Waals surface area contributed by atoms with E-state index in [1.807, 2.05) is 30.3 Å². The van der Waals surface area contributed by atoms with Gasteiger partial charge >= 0.3 is 0 Å². The molecule has 0 radical (unpaired) electrons. The zero-order valence-corrected chi connectivity index (χ0v) is 16.5. The molecule has 118 valence electrons. The van der Waals surface area contributed by atoms with Crippen LogP contribution in [-0.2, 0) is 5.41 Å². The Morgan fingerprint density at radius 1 is 1.27 bits per heavy atom. The van der Waals surface area contributed by atoms with Crippen molar-refractivity contribution in [2.45, 2.75) is 19.3 Å². The van der Waals surface area contributed by atoms with Gasteiger partial charge in [0.25, 0.3) is 0 Å². The third kappa shape index (κ3) is 5.57. The van der Waals surface area contributed by atoms with Crippen molar-refractivity contribution in [3.8, 4) is 0 Å². The Balaban J connectivity index is 0.00000242. The fourth-order valence-corrected chi connectivity index (χ4v) is 2.29. The number of pyridine rings is 1. The SMILES string of the molecule is CC(C)(CN=C(N)Nc1ccccn1)c1cccc(Br)c1.I. The van der Waals surface area contributed by atoms with Crippen LogP contribution in [0.3, 0.4) is 0 Å². The first-order chi connectivity index (χ1) is 9.97. The molecule has 0 saturated carbocycles. The van der Waals surface area contributed by atoms with Gasteiger partial charge in [-0.15, -0.1) is 24.0 Å². The predicted molar refractivity (Wildman–Crippen MR) is 107 cm³/mol. The molecule has 2 aromatic rings. The monoisotopic (exact) mass is 474 g/mol. The molecule has 0 atom stereocenters. The average Bonchev–Trinajstić information content (AvgIpc) is 2.46. The van der Waals surface area contributed by atoms with Crippen LogP contribution in [0.15, 0.2) is 58.1 Å². The fourth-order valence-electron chi connectivity index (χ4n) is 1.89. The Morgan fingerprint density at radius 3 is 2.68 bits per heavy atom. The Hall–Kier alpha value is -1.15. The highest BCUT2D eigenvalue weighted by Gasteiger charge is 2.20. The number of nitrogens with zero attached hydrogens (tertiary/aromatic N) is 2. The molecular formula is C16H20BrIN4. The summed E-state index contributed by atoms with van der Waals surface area (Å²) in [5.41, 5.74) is 7.03. The number of benzene rings is 1. The molecule has 0 aliphatic carbocycles. The molecule has 0 aliphatic rings. The van der Waals surface area contributed by atoms with Gasteiger partial charge in [0.15, 0.2) is 5.96 Å². The van der Waals surface area contributed by atoms with E-state index < -0.39 is 0 Å². The van der Waals surface area contributed by atoms with E-state index in [-0.39, 0.29) is 29.4 Å². The van der Waals surface area contributed by atoms with Crippen LogP contribution < -0.4 is 11.1 Å². The molecule has 0 amide bonds. The van der Waals surface area contributed by atoms with Crippen LogP contribution in [0.1, 0.15) is 19.4 Å². The molecule has 6 heteroatoms. The summed E-state index contributed by atoms with van der Waals surface area (Å²) in [5.74, 6) is 1.07. The minimum Gasteiger partial charge on any atom is -0.370 e. The Bertz CT molecular complexity index is 629. The van der Waals surface area contributed by atoms with Crippen LogP contribution in [0.4, 0.5) is 5.82 Å². The van der Waals surface area contributed by atoms with Crippen LogP contribution in [0.5, 0.6) is 0 Å². The number of hydrogen-bond donors (Lipinski definition) is 2. The van der Waals surface area contributed by atoms with E-state index in [1.54, 1.807) is 6.20 Å². The second-order valence-corrected chi connectivity index (χ2v) is 6.35. The summed E-state index contributed by atoms with van der Waals surface area (Å²) in [4.78, 5) is 8.58. The molecule has 0 unspecified atom stereocenters. The molecular weight excluding hydrogens is 455 g/mol. The van der Waals surface area contributed by atoms with E-state index in [2.05, 4.69) is 57.2 Å². The quantitative estimate of drug-likeness (QED) is 0.397. The average molecular weight is 475 g/mol. The van der Waals surface area contributed by atoms with Gasteiger partial charge in [-0.05, 0) is 29.8 Å². The summed E-state index contributed by atoms with van der Waals surface area (Å²) in [7, 11) is 0. The zero-order valence-electron chi connectivity index (χ0n) is 12.6. The second kappa shape index (κ2) is 8.47. The molecule has 2 rings (SSSR count). The summed E-state index contributed by atoms with van der Waals surface area (Å²) in [5, 5.41) is 2.98. The first kappa shape index (κ1) is 18.9. The lowest BCUT2D eigenvalue weighted by Gasteiger charge is -2.23. The standard InChI is InChI=1S/C16H19BrN4.HI/c1-16(2,12-6-5-7-13(17)10-12)11-20-15(18)21-14-8-3-4-9-19-14;/h3-10H,11H2,1-2H3,(H3,18,19,20,21);1H. The summed E-state index contributed by atoms with van der Waals surface area (Å²) in [6.45, 7) is 4.88. The number of hydrogen-bond acceptors (Lipinski definition) is 2. The van der Waals surface area contributed by atoms with E-state index >= 15 is 0 Å². The highest BCUT2D eigenvalue weighted by molar-refractivity contribution is 14.0. The van der Waals surface area contributed by atoms with E-state index in [0.717, 1.165) is 4.47 Å². The lowest BCUT2D eigenvalue weighted by molar-refractivity contribution is 0.540. The van der Waals surface area contributed by atoms with Crippen LogP contribution in [0.25, 0.3) is 0 Å². The number of guanidine groups is 1. The van der Waals surface area contributed by atoms with Crippen LogP contribution in [0, 0.1) is 0 Å². The van der Waals surface area contributed by atoms with Gasteiger partial charge in [-0.25, -0.2) is 4.98 Å². The number of aromatic nitrogens is 1. The Labute approximate surface area is 156 Å². The van der Waals surface area contributed by atoms with Crippen molar-refractivity contribution in [2.75, 3.05) is 11.9 Å². The number of nitrogens with two attached hydrogens (primary N) is 1. The van der Waals surface area contributed by atoms with Crippen molar-refractivity contribution in [1.29, 1.82) is 0 Å². The van der Waals surface area contributed by atoms with Gasteiger partial charge in [0.05, 0.1) is 6.54 Å². The second-order valence-electron chi connectivity index (χ2n) is 5.44. The molecule has 0 saturated heterocycles. The molecule has 0 spiro atoms. The van der Waals surface area contributed by atoms with Crippen molar-refractivity contribution < 1.29 is 0 Å². The number of anilines is 1. The molecule has 1 heterocycles. The number of rotatable bonds is 4. The summed E-state index contributed by atoms with van der Waals surface area (Å²) in [6, 6.07) is 13.9. The topological polar surface area (TPSA) is 63.3 Å². The van der Waals surface area contributed by atoms with E-state index in [1.165, 1.54) is 5.56 Å². The molecule has 4 nitrogen and oxygen atoms in total. The van der Waals surface area contributed by atoms with Crippen LogP contribution in [-0.4, -0.2) is 17.5 Å². The van der Waals surface area contributed by atoms with Crippen LogP contribution >= 0.6 is 39.9 Å². The van der Waals surface area contributed by atoms with Gasteiger partial charge in [0, 0.05) is 16.1 Å². The normalized spacial score (nSPS) is 11.7. The molecule has 22 heavy (non-hydrogen) atoms. The zero-order chi connectivity index (χ0) is 15.3. The van der Waals surface area contributed by atoms with Gasteiger partial charge in [0.2, 0.25) is 0 Å². The van der Waals surface area contributed by atoms with Crippen molar-refractivity contribution in [3.63, 3.8) is 0 Å². The van der Waals surface area contributed by atoms with Crippen LogP contribution in [0.2, 0.25) is 0 Å². The molecule has 1 aromatic heterocycles. The van der Waals surface area contributed by atoms with E-state index in [9.17, 15) is 0 Å². The van der Waals surface area contributed by atoms with E-state index in [4.69, 9.17) is 5.73 Å². The third-order valence-corrected chi connectivity index (χ3v) is 3.67. The smallest absolute Gasteiger partial charge is 0.194 e. The maximum absolute atomic E-state index is 5.91.